The van der Waals surface area contributed by atoms with Gasteiger partial charge in [-0.3, -0.25) is 4.79 Å². The predicted octanol–water partition coefficient (Wildman–Crippen LogP) is 5.76. The Labute approximate surface area is 221 Å². The quantitative estimate of drug-likeness (QED) is 0.139. The third kappa shape index (κ3) is 6.73. The molecule has 0 spiro atoms. The fourth-order valence-corrected chi connectivity index (χ4v) is 4.23. The Morgan fingerprint density at radius 3 is 2.61 bits per heavy atom. The molecular weight excluding hydrogens is 483 g/mol. The van der Waals surface area contributed by atoms with Gasteiger partial charge in [-0.15, -0.1) is 0 Å². The Bertz CT molecular complexity index is 1350. The van der Waals surface area contributed by atoms with Crippen LogP contribution in [0.5, 0.6) is 5.75 Å². The Balaban J connectivity index is 1.59. The lowest BCUT2D eigenvalue weighted by atomic mass is 9.81. The molecule has 1 unspecified atom stereocenters. The molecule has 0 radical (unpaired) electrons. The summed E-state index contributed by atoms with van der Waals surface area (Å²) in [4.78, 5) is 17.9. The van der Waals surface area contributed by atoms with E-state index in [1.807, 2.05) is 60.7 Å². The van der Waals surface area contributed by atoms with Crippen molar-refractivity contribution in [2.24, 2.45) is 5.16 Å². The number of fused-ring (bicyclic) bond motifs is 1. The normalized spacial score (nSPS) is 16.2. The molecule has 7 nitrogen and oxygen atoms in total. The number of nitrogens with one attached hydrogen (secondary N) is 2. The monoisotopic (exact) mass is 512 g/mol. The van der Waals surface area contributed by atoms with E-state index in [1.165, 1.54) is 18.4 Å². The molecule has 8 heteroatoms. The maximum absolute atomic E-state index is 13.3. The molecule has 2 aromatic carbocycles. The smallest absolute Gasteiger partial charge is 0.258 e. The van der Waals surface area contributed by atoms with Crippen LogP contribution in [0.25, 0.3) is 0 Å². The maximum Gasteiger partial charge on any atom is 0.258 e. The summed E-state index contributed by atoms with van der Waals surface area (Å²) in [5.74, 6) is 0.238. The fraction of sp³-hybridized carbons (Fsp3) is 0.167. The number of pyridine rings is 1. The molecule has 1 aliphatic carbocycles. The van der Waals surface area contributed by atoms with E-state index in [0.29, 0.717) is 43.1 Å². The van der Waals surface area contributed by atoms with Crippen molar-refractivity contribution >= 4 is 17.4 Å². The van der Waals surface area contributed by atoms with E-state index < -0.39 is 11.7 Å². The first-order chi connectivity index (χ1) is 18.6. The van der Waals surface area contributed by atoms with Crippen LogP contribution in [0.2, 0.25) is 0 Å². The van der Waals surface area contributed by atoms with Gasteiger partial charge < -0.3 is 20.6 Å². The van der Waals surface area contributed by atoms with E-state index in [4.69, 9.17) is 9.72 Å². The van der Waals surface area contributed by atoms with Gasteiger partial charge in [0.05, 0.1) is 23.5 Å². The second kappa shape index (κ2) is 13.0. The Hall–Kier alpha value is -4.72. The molecule has 3 aromatic rings. The molecule has 1 atom stereocenters. The van der Waals surface area contributed by atoms with Gasteiger partial charge in [-0.2, -0.15) is 0 Å². The van der Waals surface area contributed by atoms with Gasteiger partial charge in [0.2, 0.25) is 0 Å². The van der Waals surface area contributed by atoms with Crippen LogP contribution in [0.1, 0.15) is 39.5 Å². The van der Waals surface area contributed by atoms with E-state index in [9.17, 15) is 14.4 Å². The van der Waals surface area contributed by atoms with Gasteiger partial charge in [-0.05, 0) is 54.3 Å². The number of ether oxygens (including phenoxy) is 1. The summed E-state index contributed by atoms with van der Waals surface area (Å²) in [5, 5.41) is 19.2. The Morgan fingerprint density at radius 1 is 1.16 bits per heavy atom. The molecule has 0 saturated carbocycles. The number of carbonyl (C=O) groups excluding carboxylic acids is 1. The molecule has 0 aliphatic heterocycles. The Kier molecular flexibility index (Phi) is 9.02. The van der Waals surface area contributed by atoms with Crippen molar-refractivity contribution in [1.82, 2.24) is 10.3 Å². The highest BCUT2D eigenvalue weighted by molar-refractivity contribution is 6.07. The van der Waals surface area contributed by atoms with Crippen LogP contribution in [-0.2, 0) is 6.42 Å². The van der Waals surface area contributed by atoms with E-state index in [2.05, 4.69) is 22.4 Å². The summed E-state index contributed by atoms with van der Waals surface area (Å²) in [6.07, 6.45) is 6.09. The molecule has 1 amide bonds. The number of para-hydroxylation sites is 1. The average Bonchev–Trinajstić information content (AvgIpc) is 2.97. The van der Waals surface area contributed by atoms with Gasteiger partial charge in [0.15, 0.2) is 0 Å². The van der Waals surface area contributed by atoms with Crippen LogP contribution in [0.3, 0.4) is 0 Å². The van der Waals surface area contributed by atoms with Crippen molar-refractivity contribution in [2.45, 2.75) is 18.8 Å². The van der Waals surface area contributed by atoms with Crippen LogP contribution in [-0.4, -0.2) is 35.0 Å². The highest BCUT2D eigenvalue weighted by Gasteiger charge is 2.29. The maximum atomic E-state index is 13.3. The first-order valence-corrected chi connectivity index (χ1v) is 12.3. The third-order valence-electron chi connectivity index (χ3n) is 6.10. The van der Waals surface area contributed by atoms with Crippen LogP contribution in [0.4, 0.5) is 10.2 Å². The van der Waals surface area contributed by atoms with Crippen LogP contribution in [0, 0.1) is 0 Å². The van der Waals surface area contributed by atoms with Crippen molar-refractivity contribution in [3.8, 4) is 5.75 Å². The van der Waals surface area contributed by atoms with E-state index in [-0.39, 0.29) is 11.5 Å². The minimum atomic E-state index is -0.525. The topological polar surface area (TPSA) is 95.8 Å². The largest absolute Gasteiger partial charge is 0.492 e. The predicted molar refractivity (Wildman–Crippen MR) is 146 cm³/mol. The summed E-state index contributed by atoms with van der Waals surface area (Å²) in [7, 11) is 0. The number of halogens is 1. The van der Waals surface area contributed by atoms with E-state index in [1.54, 1.807) is 6.07 Å². The van der Waals surface area contributed by atoms with Gasteiger partial charge in [-0.1, -0.05) is 60.3 Å². The number of carbonyl (C=O) groups is 1. The molecule has 1 aliphatic rings. The zero-order chi connectivity index (χ0) is 26.7. The summed E-state index contributed by atoms with van der Waals surface area (Å²) in [6, 6.07) is 21.1. The Morgan fingerprint density at radius 2 is 1.89 bits per heavy atom. The van der Waals surface area contributed by atoms with Gasteiger partial charge in [0.1, 0.15) is 24.0 Å². The minimum Gasteiger partial charge on any atom is -0.492 e. The number of allylic oxidation sites excluding steroid dienone is 4. The lowest BCUT2D eigenvalue weighted by Crippen LogP contribution is -2.26. The highest BCUT2D eigenvalue weighted by Crippen LogP contribution is 2.34. The molecule has 38 heavy (non-hydrogen) atoms. The molecule has 1 heterocycles. The molecule has 3 N–H and O–H groups in total. The van der Waals surface area contributed by atoms with Crippen LogP contribution < -0.4 is 15.4 Å². The molecule has 1 aromatic heterocycles. The summed E-state index contributed by atoms with van der Waals surface area (Å²) >= 11 is 0. The van der Waals surface area contributed by atoms with Gasteiger partial charge in [0.25, 0.3) is 5.91 Å². The number of nitrogens with zero attached hydrogens (tertiary/aromatic N) is 2. The van der Waals surface area contributed by atoms with Gasteiger partial charge in [0, 0.05) is 18.2 Å². The number of hydrogen-bond acceptors (Lipinski definition) is 6. The number of oxime groups is 1. The minimum absolute atomic E-state index is 0.0884. The number of rotatable bonds is 10. The standard InChI is InChI=1S/C30H29FN4O3/c1-2-23(31)12-9-15-33-30(36)26-20-25-27(18-22(19-28(25)35-37)21-10-5-3-6-11-21)34-29(26)32-16-17-38-24-13-7-4-8-14-24/h2-15,20,22,37H,1,16-19H2,(H,32,34)(H,33,36)/b15-9+,23-12+,35-28+. The first-order valence-electron chi connectivity index (χ1n) is 12.3. The number of anilines is 1. The number of hydrogen-bond donors (Lipinski definition) is 3. The van der Waals surface area contributed by atoms with Crippen molar-refractivity contribution in [3.63, 3.8) is 0 Å². The van der Waals surface area contributed by atoms with Crippen molar-refractivity contribution < 1.29 is 19.1 Å². The number of amides is 1. The molecule has 0 bridgehead atoms. The lowest BCUT2D eigenvalue weighted by Gasteiger charge is -2.26. The summed E-state index contributed by atoms with van der Waals surface area (Å²) in [5.41, 5.74) is 3.20. The molecule has 194 valence electrons. The number of benzene rings is 2. The fourth-order valence-electron chi connectivity index (χ4n) is 4.23. The van der Waals surface area contributed by atoms with Gasteiger partial charge >= 0.3 is 0 Å². The average molecular weight is 513 g/mol. The highest BCUT2D eigenvalue weighted by atomic mass is 19.1. The summed E-state index contributed by atoms with van der Waals surface area (Å²) < 4.78 is 19.0. The second-order valence-corrected chi connectivity index (χ2v) is 8.62. The van der Waals surface area contributed by atoms with Crippen molar-refractivity contribution in [3.05, 3.63) is 126 Å². The van der Waals surface area contributed by atoms with Crippen LogP contribution in [0.15, 0.2) is 109 Å². The zero-order valence-electron chi connectivity index (χ0n) is 20.8. The molecule has 0 fully saturated rings. The summed E-state index contributed by atoms with van der Waals surface area (Å²) in [6.45, 7) is 4.09. The molecular formula is C30H29FN4O3. The lowest BCUT2D eigenvalue weighted by molar-refractivity contribution is 0.0970. The number of aromatic nitrogens is 1. The van der Waals surface area contributed by atoms with Gasteiger partial charge in [-0.25, -0.2) is 9.37 Å². The SMILES string of the molecule is C=C/C(F)=C\C=C\NC(=O)c1cc2c(nc1NCCOc1ccccc1)CC(c1ccccc1)C/C2=N\O. The first kappa shape index (κ1) is 26.3. The molecule has 4 rings (SSSR count). The second-order valence-electron chi connectivity index (χ2n) is 8.62. The molecule has 0 saturated heterocycles. The third-order valence-corrected chi connectivity index (χ3v) is 6.10. The van der Waals surface area contributed by atoms with Crippen molar-refractivity contribution in [1.29, 1.82) is 0 Å². The van der Waals surface area contributed by atoms with E-state index in [0.717, 1.165) is 23.1 Å². The van der Waals surface area contributed by atoms with Crippen molar-refractivity contribution in [2.75, 3.05) is 18.5 Å². The zero-order valence-corrected chi connectivity index (χ0v) is 20.8. The van der Waals surface area contributed by atoms with E-state index >= 15 is 0 Å². The van der Waals surface area contributed by atoms with Crippen LogP contribution >= 0.6 is 0 Å².